The van der Waals surface area contributed by atoms with Crippen molar-refractivity contribution in [1.82, 2.24) is 14.5 Å². The van der Waals surface area contributed by atoms with Crippen molar-refractivity contribution in [1.29, 1.82) is 0 Å². The van der Waals surface area contributed by atoms with E-state index >= 15 is 0 Å². The average molecular weight is 544 g/mol. The third kappa shape index (κ3) is 5.23. The van der Waals surface area contributed by atoms with Crippen LogP contribution in [-0.4, -0.2) is 27.7 Å². The first-order valence-corrected chi connectivity index (χ1v) is 13.3. The summed E-state index contributed by atoms with van der Waals surface area (Å²) in [5, 5.41) is 4.22. The van der Waals surface area contributed by atoms with E-state index in [9.17, 15) is 13.2 Å². The summed E-state index contributed by atoms with van der Waals surface area (Å²) in [6.07, 6.45) is 2.84. The van der Waals surface area contributed by atoms with Crippen LogP contribution in [0.25, 0.3) is 28.1 Å². The van der Waals surface area contributed by atoms with Gasteiger partial charge in [-0.05, 0) is 67.4 Å². The number of aromatic nitrogens is 3. The Bertz CT molecular complexity index is 1670. The Morgan fingerprint density at radius 1 is 0.950 bits per heavy atom. The van der Waals surface area contributed by atoms with E-state index in [1.54, 1.807) is 19.4 Å². The number of halogens is 3. The summed E-state index contributed by atoms with van der Waals surface area (Å²) < 4.78 is 47.1. The van der Waals surface area contributed by atoms with Crippen LogP contribution in [0.4, 0.5) is 24.5 Å². The lowest BCUT2D eigenvalue weighted by molar-refractivity contribution is -0.137. The summed E-state index contributed by atoms with van der Waals surface area (Å²) >= 11 is 0. The summed E-state index contributed by atoms with van der Waals surface area (Å²) in [5.74, 6) is 0.516. The zero-order valence-corrected chi connectivity index (χ0v) is 21.9. The maximum atomic E-state index is 13.3. The van der Waals surface area contributed by atoms with E-state index in [0.717, 1.165) is 71.3 Å². The molecule has 1 N–H and O–H groups in total. The molecule has 2 aromatic carbocycles. The molecule has 3 aromatic rings. The second-order valence-electron chi connectivity index (χ2n) is 9.97. The van der Waals surface area contributed by atoms with Gasteiger partial charge in [-0.25, -0.2) is 9.97 Å². The molecule has 0 amide bonds. The second kappa shape index (κ2) is 10.6. The molecule has 1 saturated carbocycles. The molecule has 1 aromatic heterocycles. The van der Waals surface area contributed by atoms with Crippen molar-refractivity contribution in [2.75, 3.05) is 12.4 Å². The highest BCUT2D eigenvalue weighted by atomic mass is 19.4. The van der Waals surface area contributed by atoms with E-state index in [1.807, 2.05) is 47.0 Å². The highest BCUT2D eigenvalue weighted by molar-refractivity contribution is 5.84. The fourth-order valence-electron chi connectivity index (χ4n) is 5.26. The summed E-state index contributed by atoms with van der Waals surface area (Å²) in [6, 6.07) is 20.7. The van der Waals surface area contributed by atoms with Gasteiger partial charge in [-0.3, -0.25) is 4.99 Å². The minimum absolute atomic E-state index is 0.202. The van der Waals surface area contributed by atoms with Crippen molar-refractivity contribution >= 4 is 22.4 Å². The predicted molar refractivity (Wildman–Crippen MR) is 149 cm³/mol. The van der Waals surface area contributed by atoms with Crippen LogP contribution in [0.1, 0.15) is 37.7 Å². The average Bonchev–Trinajstić information content (AvgIpc) is 2.97. The molecule has 0 unspecified atom stereocenters. The van der Waals surface area contributed by atoms with Gasteiger partial charge in [-0.15, -0.1) is 0 Å². The van der Waals surface area contributed by atoms with Gasteiger partial charge in [0.05, 0.1) is 64.1 Å². The van der Waals surface area contributed by atoms with Gasteiger partial charge in [0, 0.05) is 11.8 Å². The van der Waals surface area contributed by atoms with Crippen LogP contribution < -0.4 is 15.4 Å². The molecule has 0 atom stereocenters. The highest BCUT2D eigenvalue weighted by Crippen LogP contribution is 2.33. The van der Waals surface area contributed by atoms with E-state index in [2.05, 4.69) is 10.3 Å². The van der Waals surface area contributed by atoms with Crippen LogP contribution in [0.15, 0.2) is 84.0 Å². The third-order valence-corrected chi connectivity index (χ3v) is 7.27. The van der Waals surface area contributed by atoms with E-state index in [0.29, 0.717) is 17.3 Å². The van der Waals surface area contributed by atoms with Crippen LogP contribution in [0.3, 0.4) is 0 Å². The monoisotopic (exact) mass is 543 g/mol. The van der Waals surface area contributed by atoms with E-state index in [4.69, 9.17) is 14.7 Å². The Labute approximate surface area is 229 Å². The number of nitrogens with one attached hydrogen (secondary N) is 1. The number of ether oxygens (including phenoxy) is 1. The normalized spacial score (nSPS) is 15.1. The van der Waals surface area contributed by atoms with E-state index < -0.39 is 11.7 Å². The summed E-state index contributed by atoms with van der Waals surface area (Å²) in [4.78, 5) is 14.4. The van der Waals surface area contributed by atoms with Gasteiger partial charge in [0.2, 0.25) is 5.88 Å². The molecule has 1 aliphatic heterocycles. The lowest BCUT2D eigenvalue weighted by Gasteiger charge is -2.22. The Morgan fingerprint density at radius 3 is 2.42 bits per heavy atom. The maximum absolute atomic E-state index is 13.3. The molecule has 6 rings (SSSR count). The standard InChI is InChI=1S/C31H28F3N5O/c1-40-30-16-13-22(19-35-30)37-25-17-27-29(18-26(25)36-21-7-3-2-4-8-21)39(28-10-6-5-9-24(28)38-27)23-14-11-20(12-15-23)31(32,33)34/h5-6,9-19,21,37H,2-4,7-8H2,1H3/b36-26+. The zero-order valence-electron chi connectivity index (χ0n) is 21.9. The Kier molecular flexibility index (Phi) is 6.88. The van der Waals surface area contributed by atoms with Gasteiger partial charge in [-0.2, -0.15) is 13.2 Å². The predicted octanol–water partition coefficient (Wildman–Crippen LogP) is 7.53. The maximum Gasteiger partial charge on any atom is 0.416 e. The van der Waals surface area contributed by atoms with Crippen molar-refractivity contribution in [3.05, 3.63) is 89.9 Å². The van der Waals surface area contributed by atoms with Crippen LogP contribution >= 0.6 is 0 Å². The molecular weight excluding hydrogens is 515 g/mol. The third-order valence-electron chi connectivity index (χ3n) is 7.27. The van der Waals surface area contributed by atoms with Gasteiger partial charge in [-0.1, -0.05) is 31.4 Å². The summed E-state index contributed by atoms with van der Waals surface area (Å²) in [7, 11) is 1.57. The fraction of sp³-hybridized carbons (Fsp3) is 0.258. The number of nitrogens with zero attached hydrogens (tertiary/aromatic N) is 4. The zero-order chi connectivity index (χ0) is 27.7. The number of anilines is 2. The molecule has 0 radical (unpaired) electrons. The number of rotatable bonds is 5. The minimum atomic E-state index is -4.41. The first kappa shape index (κ1) is 25.9. The molecule has 204 valence electrons. The lowest BCUT2D eigenvalue weighted by Crippen LogP contribution is -2.19. The quantitative estimate of drug-likeness (QED) is 0.233. The van der Waals surface area contributed by atoms with Gasteiger partial charge in [0.25, 0.3) is 0 Å². The molecule has 2 heterocycles. The summed E-state index contributed by atoms with van der Waals surface area (Å²) in [5.41, 5.74) is 4.44. The SMILES string of the molecule is COc1ccc(Nc2cc3nc4ccccc4n(-c4ccc(C(F)(F)F)cc4)c-3c/c2=N\C2CCCCC2)cn1. The number of para-hydroxylation sites is 2. The molecule has 6 nitrogen and oxygen atoms in total. The van der Waals surface area contributed by atoms with Gasteiger partial charge in [0.15, 0.2) is 0 Å². The Morgan fingerprint density at radius 2 is 1.73 bits per heavy atom. The smallest absolute Gasteiger partial charge is 0.416 e. The molecule has 2 aliphatic carbocycles. The molecule has 0 bridgehead atoms. The molecule has 40 heavy (non-hydrogen) atoms. The van der Waals surface area contributed by atoms with Crippen LogP contribution in [0.5, 0.6) is 5.88 Å². The van der Waals surface area contributed by atoms with Crippen molar-refractivity contribution in [2.24, 2.45) is 4.99 Å². The molecule has 1 fully saturated rings. The van der Waals surface area contributed by atoms with Crippen molar-refractivity contribution in [2.45, 2.75) is 44.3 Å². The van der Waals surface area contributed by atoms with Gasteiger partial charge >= 0.3 is 6.18 Å². The number of pyridine rings is 1. The number of hydrogen-bond acceptors (Lipinski definition) is 5. The van der Waals surface area contributed by atoms with E-state index in [1.165, 1.54) is 18.6 Å². The second-order valence-corrected chi connectivity index (χ2v) is 9.97. The number of fused-ring (bicyclic) bond motifs is 2. The molecule has 0 saturated heterocycles. The van der Waals surface area contributed by atoms with Crippen LogP contribution in [0.2, 0.25) is 0 Å². The van der Waals surface area contributed by atoms with Gasteiger partial charge < -0.3 is 14.6 Å². The number of hydrogen-bond donors (Lipinski definition) is 1. The van der Waals surface area contributed by atoms with Crippen LogP contribution in [-0.2, 0) is 6.18 Å². The van der Waals surface area contributed by atoms with Crippen LogP contribution in [0, 0.1) is 0 Å². The number of alkyl halides is 3. The van der Waals surface area contributed by atoms with Crippen molar-refractivity contribution < 1.29 is 17.9 Å². The Balaban J connectivity index is 1.57. The van der Waals surface area contributed by atoms with Crippen molar-refractivity contribution in [3.8, 4) is 23.0 Å². The molecule has 9 heteroatoms. The first-order chi connectivity index (χ1) is 19.4. The van der Waals surface area contributed by atoms with Gasteiger partial charge in [0.1, 0.15) is 0 Å². The topological polar surface area (TPSA) is 64.3 Å². The molecular formula is C31H28F3N5O. The van der Waals surface area contributed by atoms with Crippen molar-refractivity contribution in [3.63, 3.8) is 0 Å². The molecule has 0 spiro atoms. The molecule has 3 aliphatic rings. The lowest BCUT2D eigenvalue weighted by atomic mass is 9.96. The Hall–Kier alpha value is -4.40. The fourth-order valence-corrected chi connectivity index (χ4v) is 5.26. The number of benzene rings is 3. The highest BCUT2D eigenvalue weighted by Gasteiger charge is 2.30. The number of methoxy groups -OCH3 is 1. The summed E-state index contributed by atoms with van der Waals surface area (Å²) in [6.45, 7) is 0. The van der Waals surface area contributed by atoms with E-state index in [-0.39, 0.29) is 6.04 Å². The first-order valence-electron chi connectivity index (χ1n) is 13.3. The minimum Gasteiger partial charge on any atom is -0.481 e. The largest absolute Gasteiger partial charge is 0.481 e.